The number of aromatic nitrogens is 1. The summed E-state index contributed by atoms with van der Waals surface area (Å²) < 4.78 is 19.5. The van der Waals surface area contributed by atoms with Gasteiger partial charge in [0.2, 0.25) is 5.91 Å². The van der Waals surface area contributed by atoms with Gasteiger partial charge in [0.25, 0.3) is 5.91 Å². The lowest BCUT2D eigenvalue weighted by atomic mass is 9.99. The van der Waals surface area contributed by atoms with Gasteiger partial charge in [-0.05, 0) is 35.9 Å². The van der Waals surface area contributed by atoms with E-state index in [-0.39, 0.29) is 31.6 Å². The SMILES string of the molecule is O=C(Nc1ccc(C(O)C2COCC(=O)N2Cc2ccccc2F)cc1)c1cccnc1. The number of hydrogen-bond donors (Lipinski definition) is 2. The molecule has 2 aromatic carbocycles. The average Bonchev–Trinajstić information content (AvgIpc) is 2.82. The molecule has 32 heavy (non-hydrogen) atoms. The molecule has 4 rings (SSSR count). The summed E-state index contributed by atoms with van der Waals surface area (Å²) in [5.41, 5.74) is 1.90. The largest absolute Gasteiger partial charge is 0.386 e. The number of pyridine rings is 1. The maximum absolute atomic E-state index is 14.1. The van der Waals surface area contributed by atoms with Gasteiger partial charge in [0, 0.05) is 30.2 Å². The second-order valence-corrected chi connectivity index (χ2v) is 7.46. The van der Waals surface area contributed by atoms with Crippen molar-refractivity contribution in [2.75, 3.05) is 18.5 Å². The minimum absolute atomic E-state index is 0.0375. The van der Waals surface area contributed by atoms with Gasteiger partial charge in [-0.3, -0.25) is 14.6 Å². The third-order valence-corrected chi connectivity index (χ3v) is 5.33. The molecule has 2 amide bonds. The van der Waals surface area contributed by atoms with Crippen LogP contribution in [0.25, 0.3) is 0 Å². The Morgan fingerprint density at radius 3 is 2.69 bits per heavy atom. The van der Waals surface area contributed by atoms with Gasteiger partial charge in [-0.2, -0.15) is 0 Å². The third-order valence-electron chi connectivity index (χ3n) is 5.33. The fraction of sp³-hybridized carbons (Fsp3) is 0.208. The van der Waals surface area contributed by atoms with Gasteiger partial charge in [-0.25, -0.2) is 4.39 Å². The number of ether oxygens (including phenoxy) is 1. The first-order valence-electron chi connectivity index (χ1n) is 10.1. The van der Waals surface area contributed by atoms with Gasteiger partial charge >= 0.3 is 0 Å². The van der Waals surface area contributed by atoms with Gasteiger partial charge in [0.15, 0.2) is 0 Å². The number of hydrogen-bond acceptors (Lipinski definition) is 5. The summed E-state index contributed by atoms with van der Waals surface area (Å²) in [5.74, 6) is -1.02. The predicted octanol–water partition coefficient (Wildman–Crippen LogP) is 2.93. The van der Waals surface area contributed by atoms with Crippen molar-refractivity contribution in [1.29, 1.82) is 0 Å². The van der Waals surface area contributed by atoms with Crippen LogP contribution >= 0.6 is 0 Å². The zero-order chi connectivity index (χ0) is 22.5. The first-order chi connectivity index (χ1) is 15.5. The number of aliphatic hydroxyl groups is 1. The number of anilines is 1. The van der Waals surface area contributed by atoms with E-state index in [1.54, 1.807) is 60.8 Å². The van der Waals surface area contributed by atoms with E-state index in [1.165, 1.54) is 17.2 Å². The van der Waals surface area contributed by atoms with Gasteiger partial charge in [0.1, 0.15) is 18.5 Å². The van der Waals surface area contributed by atoms with Crippen molar-refractivity contribution in [2.24, 2.45) is 0 Å². The fourth-order valence-electron chi connectivity index (χ4n) is 3.59. The van der Waals surface area contributed by atoms with E-state index in [0.717, 1.165) is 0 Å². The van der Waals surface area contributed by atoms with Crippen LogP contribution in [0.4, 0.5) is 10.1 Å². The molecule has 0 bridgehead atoms. The van der Waals surface area contributed by atoms with E-state index >= 15 is 0 Å². The molecule has 8 heteroatoms. The van der Waals surface area contributed by atoms with E-state index < -0.39 is 18.0 Å². The molecule has 0 radical (unpaired) electrons. The van der Waals surface area contributed by atoms with Crippen LogP contribution in [0.2, 0.25) is 0 Å². The number of rotatable bonds is 6. The summed E-state index contributed by atoms with van der Waals surface area (Å²) in [6.45, 7) is 0.0493. The minimum Gasteiger partial charge on any atom is -0.386 e. The highest BCUT2D eigenvalue weighted by molar-refractivity contribution is 6.04. The summed E-state index contributed by atoms with van der Waals surface area (Å²) in [6.07, 6.45) is 2.01. The molecule has 164 valence electrons. The number of halogens is 1. The van der Waals surface area contributed by atoms with Crippen molar-refractivity contribution < 1.29 is 23.8 Å². The van der Waals surface area contributed by atoms with Gasteiger partial charge in [-0.15, -0.1) is 0 Å². The highest BCUT2D eigenvalue weighted by Crippen LogP contribution is 2.27. The van der Waals surface area contributed by atoms with Crippen LogP contribution < -0.4 is 5.32 Å². The molecular formula is C24H22FN3O4. The Balaban J connectivity index is 1.48. The lowest BCUT2D eigenvalue weighted by molar-refractivity contribution is -0.155. The number of morpholine rings is 1. The molecule has 2 N–H and O–H groups in total. The molecule has 1 aliphatic heterocycles. The number of amides is 2. The third kappa shape index (κ3) is 4.82. The number of carbonyl (C=O) groups excluding carboxylic acids is 2. The van der Waals surface area contributed by atoms with Crippen LogP contribution in [-0.2, 0) is 16.1 Å². The molecule has 7 nitrogen and oxygen atoms in total. The van der Waals surface area contributed by atoms with Crippen LogP contribution in [0.5, 0.6) is 0 Å². The Labute approximate surface area is 184 Å². The van der Waals surface area contributed by atoms with E-state index in [0.29, 0.717) is 22.4 Å². The maximum atomic E-state index is 14.1. The zero-order valence-corrected chi connectivity index (χ0v) is 17.1. The highest BCUT2D eigenvalue weighted by atomic mass is 19.1. The molecule has 3 aromatic rings. The molecule has 2 atom stereocenters. The molecule has 1 fully saturated rings. The second kappa shape index (κ2) is 9.67. The van der Waals surface area contributed by atoms with Crippen LogP contribution in [0.3, 0.4) is 0 Å². The van der Waals surface area contributed by atoms with E-state index in [2.05, 4.69) is 10.3 Å². The fourth-order valence-corrected chi connectivity index (χ4v) is 3.59. The highest BCUT2D eigenvalue weighted by Gasteiger charge is 2.35. The number of nitrogens with one attached hydrogen (secondary N) is 1. The summed E-state index contributed by atoms with van der Waals surface area (Å²) >= 11 is 0. The maximum Gasteiger partial charge on any atom is 0.257 e. The van der Waals surface area contributed by atoms with Crippen molar-refractivity contribution in [1.82, 2.24) is 9.88 Å². The summed E-state index contributed by atoms with van der Waals surface area (Å²) in [7, 11) is 0. The molecule has 1 aliphatic rings. The Kier molecular flexibility index (Phi) is 6.53. The minimum atomic E-state index is -1.05. The second-order valence-electron chi connectivity index (χ2n) is 7.46. The van der Waals surface area contributed by atoms with Gasteiger partial charge < -0.3 is 20.1 Å². The summed E-state index contributed by atoms with van der Waals surface area (Å²) in [4.78, 5) is 30.1. The van der Waals surface area contributed by atoms with Crippen molar-refractivity contribution in [3.63, 3.8) is 0 Å². The molecule has 0 aliphatic carbocycles. The first kappa shape index (κ1) is 21.6. The topological polar surface area (TPSA) is 91.8 Å². The van der Waals surface area contributed by atoms with Crippen molar-refractivity contribution >= 4 is 17.5 Å². The molecular weight excluding hydrogens is 413 g/mol. The van der Waals surface area contributed by atoms with E-state index in [1.807, 2.05) is 0 Å². The molecule has 1 saturated heterocycles. The monoisotopic (exact) mass is 435 g/mol. The van der Waals surface area contributed by atoms with Crippen LogP contribution in [0.1, 0.15) is 27.6 Å². The van der Waals surface area contributed by atoms with Crippen molar-refractivity contribution in [3.8, 4) is 0 Å². The first-order valence-corrected chi connectivity index (χ1v) is 10.1. The lowest BCUT2D eigenvalue weighted by Gasteiger charge is -2.38. The lowest BCUT2D eigenvalue weighted by Crippen LogP contribution is -2.51. The number of carbonyl (C=O) groups is 2. The van der Waals surface area contributed by atoms with E-state index in [4.69, 9.17) is 4.74 Å². The van der Waals surface area contributed by atoms with E-state index in [9.17, 15) is 19.1 Å². The Hall–Kier alpha value is -3.62. The Morgan fingerprint density at radius 1 is 1.19 bits per heavy atom. The van der Waals surface area contributed by atoms with Crippen LogP contribution in [0, 0.1) is 5.82 Å². The molecule has 0 spiro atoms. The number of benzene rings is 2. The standard InChI is InChI=1S/C24H22FN3O4/c25-20-6-2-1-4-18(20)13-28-21(14-32-15-22(28)29)23(30)16-7-9-19(10-8-16)27-24(31)17-5-3-11-26-12-17/h1-12,21,23,30H,13-15H2,(H,27,31). The molecule has 0 saturated carbocycles. The predicted molar refractivity (Wildman–Crippen MR) is 115 cm³/mol. The molecule has 2 heterocycles. The zero-order valence-electron chi connectivity index (χ0n) is 17.1. The van der Waals surface area contributed by atoms with Crippen LogP contribution in [-0.4, -0.2) is 46.1 Å². The van der Waals surface area contributed by atoms with Crippen LogP contribution in [0.15, 0.2) is 73.1 Å². The number of aliphatic hydroxyl groups excluding tert-OH is 1. The summed E-state index contributed by atoms with van der Waals surface area (Å²) in [5, 5.41) is 13.7. The average molecular weight is 435 g/mol. The molecule has 1 aromatic heterocycles. The van der Waals surface area contributed by atoms with Gasteiger partial charge in [0.05, 0.1) is 18.2 Å². The Morgan fingerprint density at radius 2 is 1.97 bits per heavy atom. The van der Waals surface area contributed by atoms with Crippen molar-refractivity contribution in [2.45, 2.75) is 18.7 Å². The Bertz CT molecular complexity index is 1090. The van der Waals surface area contributed by atoms with Gasteiger partial charge in [-0.1, -0.05) is 30.3 Å². The normalized spacial score (nSPS) is 17.1. The summed E-state index contributed by atoms with van der Waals surface area (Å²) in [6, 6.07) is 15.6. The van der Waals surface area contributed by atoms with Crippen molar-refractivity contribution in [3.05, 3.63) is 95.6 Å². The quantitative estimate of drug-likeness (QED) is 0.621. The smallest absolute Gasteiger partial charge is 0.257 e. The number of nitrogens with zero attached hydrogens (tertiary/aromatic N) is 2. The molecule has 2 unspecified atom stereocenters.